The molecule has 1 aliphatic heterocycles. The molecule has 1 aromatic heterocycles. The highest BCUT2D eigenvalue weighted by Gasteiger charge is 2.30. The number of hydrogen-bond donors (Lipinski definition) is 0. The third-order valence-corrected chi connectivity index (χ3v) is 5.20. The SMILES string of the molecule is COc1ccc(C(=O)N2CCCC(c3nc(-c4cccc(F)c4)no3)C2)cc1[N+](=O)[O-]. The number of rotatable bonds is 5. The third kappa shape index (κ3) is 4.23. The van der Waals surface area contributed by atoms with Crippen LogP contribution in [0, 0.1) is 15.9 Å². The molecule has 2 heterocycles. The number of hydrogen-bond acceptors (Lipinski definition) is 7. The van der Waals surface area contributed by atoms with E-state index in [-0.39, 0.29) is 34.6 Å². The number of nitrogens with zero attached hydrogens (tertiary/aromatic N) is 4. The van der Waals surface area contributed by atoms with Crippen LogP contribution in [0.4, 0.5) is 10.1 Å². The number of nitro benzene ring substituents is 1. The molecule has 4 rings (SSSR count). The number of benzene rings is 2. The lowest BCUT2D eigenvalue weighted by atomic mass is 9.97. The van der Waals surface area contributed by atoms with Crippen molar-refractivity contribution in [2.24, 2.45) is 0 Å². The number of methoxy groups -OCH3 is 1. The third-order valence-electron chi connectivity index (χ3n) is 5.20. The monoisotopic (exact) mass is 426 g/mol. The van der Waals surface area contributed by atoms with Gasteiger partial charge >= 0.3 is 5.69 Å². The van der Waals surface area contributed by atoms with Crippen LogP contribution in [0.3, 0.4) is 0 Å². The second-order valence-corrected chi connectivity index (χ2v) is 7.20. The minimum atomic E-state index is -0.582. The smallest absolute Gasteiger partial charge is 0.311 e. The number of likely N-dealkylation sites (tertiary alicyclic amines) is 1. The van der Waals surface area contributed by atoms with Gasteiger partial charge in [-0.3, -0.25) is 14.9 Å². The zero-order valence-electron chi connectivity index (χ0n) is 16.7. The highest BCUT2D eigenvalue weighted by atomic mass is 19.1. The van der Waals surface area contributed by atoms with E-state index >= 15 is 0 Å². The predicted octanol–water partition coefficient (Wildman–Crippen LogP) is 3.81. The van der Waals surface area contributed by atoms with Crippen LogP contribution in [-0.2, 0) is 0 Å². The summed E-state index contributed by atoms with van der Waals surface area (Å²) >= 11 is 0. The summed E-state index contributed by atoms with van der Waals surface area (Å²) in [6.07, 6.45) is 1.46. The lowest BCUT2D eigenvalue weighted by Crippen LogP contribution is -2.39. The van der Waals surface area contributed by atoms with Crippen molar-refractivity contribution < 1.29 is 23.4 Å². The van der Waals surface area contributed by atoms with Crippen molar-refractivity contribution in [3.05, 3.63) is 69.9 Å². The lowest BCUT2D eigenvalue weighted by Gasteiger charge is -2.31. The molecule has 1 aliphatic rings. The van der Waals surface area contributed by atoms with Crippen molar-refractivity contribution >= 4 is 11.6 Å². The number of ether oxygens (including phenoxy) is 1. The highest BCUT2D eigenvalue weighted by Crippen LogP contribution is 2.31. The van der Waals surface area contributed by atoms with Gasteiger partial charge in [0.1, 0.15) is 5.82 Å². The van der Waals surface area contributed by atoms with Crippen LogP contribution in [0.15, 0.2) is 47.0 Å². The Bertz CT molecular complexity index is 1130. The van der Waals surface area contributed by atoms with Crippen LogP contribution in [0.2, 0.25) is 0 Å². The number of nitro groups is 1. The van der Waals surface area contributed by atoms with Crippen LogP contribution < -0.4 is 4.74 Å². The van der Waals surface area contributed by atoms with Crippen molar-refractivity contribution in [2.45, 2.75) is 18.8 Å². The number of halogens is 1. The first kappa shape index (κ1) is 20.5. The molecule has 0 N–H and O–H groups in total. The van der Waals surface area contributed by atoms with Crippen LogP contribution >= 0.6 is 0 Å². The summed E-state index contributed by atoms with van der Waals surface area (Å²) in [5.41, 5.74) is 0.446. The molecule has 0 radical (unpaired) electrons. The van der Waals surface area contributed by atoms with Gasteiger partial charge < -0.3 is 14.2 Å². The van der Waals surface area contributed by atoms with E-state index in [4.69, 9.17) is 9.26 Å². The summed E-state index contributed by atoms with van der Waals surface area (Å²) in [5, 5.41) is 15.2. The van der Waals surface area contributed by atoms with Gasteiger partial charge in [-0.1, -0.05) is 17.3 Å². The van der Waals surface area contributed by atoms with Gasteiger partial charge in [0, 0.05) is 30.3 Å². The largest absolute Gasteiger partial charge is 0.490 e. The van der Waals surface area contributed by atoms with Gasteiger partial charge in [-0.2, -0.15) is 4.98 Å². The minimum absolute atomic E-state index is 0.0915. The van der Waals surface area contributed by atoms with Gasteiger partial charge in [-0.15, -0.1) is 0 Å². The molecule has 1 amide bonds. The molecule has 31 heavy (non-hydrogen) atoms. The van der Waals surface area contributed by atoms with Crippen molar-refractivity contribution in [1.29, 1.82) is 0 Å². The van der Waals surface area contributed by atoms with Gasteiger partial charge in [-0.05, 0) is 37.1 Å². The molecule has 3 aromatic rings. The second-order valence-electron chi connectivity index (χ2n) is 7.20. The quantitative estimate of drug-likeness (QED) is 0.450. The molecule has 9 nitrogen and oxygen atoms in total. The Balaban J connectivity index is 1.52. The summed E-state index contributed by atoms with van der Waals surface area (Å²) in [6.45, 7) is 0.851. The van der Waals surface area contributed by atoms with Gasteiger partial charge in [0.05, 0.1) is 18.0 Å². The molecule has 1 fully saturated rings. The Morgan fingerprint density at radius 1 is 1.32 bits per heavy atom. The van der Waals surface area contributed by atoms with E-state index < -0.39 is 10.7 Å². The molecule has 0 bridgehead atoms. The Morgan fingerprint density at radius 3 is 2.90 bits per heavy atom. The summed E-state index contributed by atoms with van der Waals surface area (Å²) in [5.74, 6) is -0.150. The molecule has 0 saturated carbocycles. The molecule has 1 atom stereocenters. The number of amides is 1. The zero-order chi connectivity index (χ0) is 22.0. The standard InChI is InChI=1S/C21H19FN4O5/c1-30-18-8-7-14(11-17(18)26(28)29)21(27)25-9-3-5-15(12-25)20-23-19(24-31-20)13-4-2-6-16(22)10-13/h2,4,6-8,10-11,15H,3,5,9,12H2,1H3. The maximum Gasteiger partial charge on any atom is 0.311 e. The molecule has 0 aliphatic carbocycles. The topological polar surface area (TPSA) is 112 Å². The summed E-state index contributed by atoms with van der Waals surface area (Å²) < 4.78 is 23.8. The summed E-state index contributed by atoms with van der Waals surface area (Å²) in [7, 11) is 1.33. The number of aromatic nitrogens is 2. The van der Waals surface area contributed by atoms with Crippen LogP contribution in [-0.4, -0.2) is 46.1 Å². The van der Waals surface area contributed by atoms with Crippen molar-refractivity contribution in [1.82, 2.24) is 15.0 Å². The van der Waals surface area contributed by atoms with Crippen molar-refractivity contribution in [3.8, 4) is 17.1 Å². The normalized spacial score (nSPS) is 16.2. The Kier molecular flexibility index (Phi) is 5.61. The highest BCUT2D eigenvalue weighted by molar-refractivity contribution is 5.95. The summed E-state index contributed by atoms with van der Waals surface area (Å²) in [4.78, 5) is 29.6. The molecule has 1 unspecified atom stereocenters. The fourth-order valence-electron chi connectivity index (χ4n) is 3.66. The van der Waals surface area contributed by atoms with Crippen LogP contribution in [0.5, 0.6) is 5.75 Å². The Labute approximate surface area is 176 Å². The summed E-state index contributed by atoms with van der Waals surface area (Å²) in [6, 6.07) is 10.0. The molecular weight excluding hydrogens is 407 g/mol. The van der Waals surface area contributed by atoms with Crippen molar-refractivity contribution in [3.63, 3.8) is 0 Å². The molecule has 10 heteroatoms. The van der Waals surface area contributed by atoms with Crippen molar-refractivity contribution in [2.75, 3.05) is 20.2 Å². The van der Waals surface area contributed by atoms with E-state index in [0.29, 0.717) is 31.0 Å². The van der Waals surface area contributed by atoms with Crippen LogP contribution in [0.25, 0.3) is 11.4 Å². The first-order valence-corrected chi connectivity index (χ1v) is 9.67. The average Bonchev–Trinajstić information content (AvgIpc) is 3.28. The number of piperidine rings is 1. The van der Waals surface area contributed by atoms with Gasteiger partial charge in [0.25, 0.3) is 5.91 Å². The first-order valence-electron chi connectivity index (χ1n) is 9.67. The van der Waals surface area contributed by atoms with E-state index in [1.807, 2.05) is 0 Å². The van der Waals surface area contributed by atoms with E-state index in [1.165, 1.54) is 37.4 Å². The number of carbonyl (C=O) groups is 1. The minimum Gasteiger partial charge on any atom is -0.490 e. The molecule has 2 aromatic carbocycles. The molecule has 0 spiro atoms. The van der Waals surface area contributed by atoms with Crippen LogP contribution in [0.1, 0.15) is 35.0 Å². The maximum atomic E-state index is 13.5. The molecule has 160 valence electrons. The Morgan fingerprint density at radius 2 is 2.16 bits per heavy atom. The molecular formula is C21H19FN4O5. The van der Waals surface area contributed by atoms with E-state index in [1.54, 1.807) is 17.0 Å². The number of carbonyl (C=O) groups excluding carboxylic acids is 1. The Hall–Kier alpha value is -3.82. The van der Waals surface area contributed by atoms with E-state index in [9.17, 15) is 19.3 Å². The van der Waals surface area contributed by atoms with Gasteiger partial charge in [-0.25, -0.2) is 4.39 Å². The maximum absolute atomic E-state index is 13.5. The van der Waals surface area contributed by atoms with E-state index in [0.717, 1.165) is 6.42 Å². The average molecular weight is 426 g/mol. The molecule has 1 saturated heterocycles. The second kappa shape index (κ2) is 8.50. The fraction of sp³-hybridized carbons (Fsp3) is 0.286. The zero-order valence-corrected chi connectivity index (χ0v) is 16.7. The van der Waals surface area contributed by atoms with E-state index in [2.05, 4.69) is 10.1 Å². The predicted molar refractivity (Wildman–Crippen MR) is 107 cm³/mol. The fourth-order valence-corrected chi connectivity index (χ4v) is 3.66. The van der Waals surface area contributed by atoms with Gasteiger partial charge in [0.15, 0.2) is 5.75 Å². The van der Waals surface area contributed by atoms with Gasteiger partial charge in [0.2, 0.25) is 11.7 Å². The lowest BCUT2D eigenvalue weighted by molar-refractivity contribution is -0.385. The first-order chi connectivity index (χ1) is 15.0.